The van der Waals surface area contributed by atoms with Crippen LogP contribution in [-0.4, -0.2) is 18.8 Å². The highest BCUT2D eigenvalue weighted by Crippen LogP contribution is 2.22. The summed E-state index contributed by atoms with van der Waals surface area (Å²) in [4.78, 5) is 0. The van der Waals surface area contributed by atoms with Crippen molar-refractivity contribution in [3.8, 4) is 0 Å². The highest BCUT2D eigenvalue weighted by atomic mass is 16.5. The van der Waals surface area contributed by atoms with Crippen molar-refractivity contribution in [3.05, 3.63) is 0 Å². The molecule has 0 spiro atoms. The molecule has 0 bridgehead atoms. The molecule has 10 heavy (non-hydrogen) atoms. The van der Waals surface area contributed by atoms with Crippen molar-refractivity contribution in [1.82, 2.24) is 0 Å². The third kappa shape index (κ3) is 1.96. The van der Waals surface area contributed by atoms with E-state index in [9.17, 15) is 0 Å². The molecule has 1 unspecified atom stereocenters. The zero-order chi connectivity index (χ0) is 7.61. The fraction of sp³-hybridized carbons (Fsp3) is 1.00. The first kappa shape index (κ1) is 8.02. The number of nitrogens with two attached hydrogens (primary N) is 1. The fourth-order valence-corrected chi connectivity index (χ4v) is 1.33. The summed E-state index contributed by atoms with van der Waals surface area (Å²) in [6, 6.07) is 0. The van der Waals surface area contributed by atoms with Gasteiger partial charge in [-0.1, -0.05) is 0 Å². The molecule has 2 nitrogen and oxygen atoms in total. The summed E-state index contributed by atoms with van der Waals surface area (Å²) in [5.41, 5.74) is 5.88. The third-order valence-electron chi connectivity index (χ3n) is 2.21. The lowest BCUT2D eigenvalue weighted by Crippen LogP contribution is -2.44. The van der Waals surface area contributed by atoms with Gasteiger partial charge in [0, 0.05) is 12.1 Å². The lowest BCUT2D eigenvalue weighted by molar-refractivity contribution is 0.0294. The highest BCUT2D eigenvalue weighted by molar-refractivity contribution is 4.83. The van der Waals surface area contributed by atoms with Crippen molar-refractivity contribution in [3.63, 3.8) is 0 Å². The van der Waals surface area contributed by atoms with E-state index in [1.54, 1.807) is 0 Å². The Morgan fingerprint density at radius 3 is 2.50 bits per heavy atom. The Labute approximate surface area is 62.7 Å². The first-order chi connectivity index (χ1) is 4.61. The van der Waals surface area contributed by atoms with Gasteiger partial charge < -0.3 is 10.5 Å². The van der Waals surface area contributed by atoms with Crippen LogP contribution >= 0.6 is 0 Å². The maximum Gasteiger partial charge on any atom is 0.0511 e. The molecule has 0 aromatic carbocycles. The second kappa shape index (κ2) is 2.89. The van der Waals surface area contributed by atoms with Crippen LogP contribution in [0.5, 0.6) is 0 Å². The van der Waals surface area contributed by atoms with Gasteiger partial charge in [-0.05, 0) is 32.6 Å². The first-order valence-corrected chi connectivity index (χ1v) is 3.97. The molecule has 1 rings (SSSR count). The van der Waals surface area contributed by atoms with Crippen LogP contribution in [0.1, 0.15) is 26.7 Å². The Hall–Kier alpha value is -0.0800. The van der Waals surface area contributed by atoms with Crippen molar-refractivity contribution in [2.24, 2.45) is 11.7 Å². The summed E-state index contributed by atoms with van der Waals surface area (Å²) in [5.74, 6) is 0.557. The van der Waals surface area contributed by atoms with Gasteiger partial charge in [0.2, 0.25) is 0 Å². The summed E-state index contributed by atoms with van der Waals surface area (Å²) < 4.78 is 5.33. The Bertz CT molecular complexity index is 100. The van der Waals surface area contributed by atoms with Crippen LogP contribution < -0.4 is 5.73 Å². The Kier molecular flexibility index (Phi) is 2.32. The van der Waals surface area contributed by atoms with Gasteiger partial charge in [-0.3, -0.25) is 0 Å². The predicted molar refractivity (Wildman–Crippen MR) is 41.8 cm³/mol. The first-order valence-electron chi connectivity index (χ1n) is 3.97. The van der Waals surface area contributed by atoms with Crippen molar-refractivity contribution in [2.75, 3.05) is 13.2 Å². The molecule has 0 aromatic heterocycles. The normalized spacial score (nSPS) is 28.5. The second-order valence-corrected chi connectivity index (χ2v) is 3.74. The third-order valence-corrected chi connectivity index (χ3v) is 2.21. The lowest BCUT2D eigenvalue weighted by atomic mass is 9.84. The van der Waals surface area contributed by atoms with Crippen LogP contribution in [0.3, 0.4) is 0 Å². The molecule has 1 atom stereocenters. The maximum atomic E-state index is 5.93. The maximum absolute atomic E-state index is 5.93. The van der Waals surface area contributed by atoms with Crippen LogP contribution in [-0.2, 0) is 4.74 Å². The number of hydrogen-bond acceptors (Lipinski definition) is 2. The van der Waals surface area contributed by atoms with Gasteiger partial charge in [0.25, 0.3) is 0 Å². The average Bonchev–Trinajstić information content (AvgIpc) is 1.88. The van der Waals surface area contributed by atoms with Crippen LogP contribution in [0.25, 0.3) is 0 Å². The van der Waals surface area contributed by atoms with Crippen molar-refractivity contribution < 1.29 is 4.74 Å². The molecule has 2 heteroatoms. The van der Waals surface area contributed by atoms with Crippen molar-refractivity contribution in [2.45, 2.75) is 32.2 Å². The molecular formula is C8H17NO. The minimum Gasteiger partial charge on any atom is -0.381 e. The zero-order valence-corrected chi connectivity index (χ0v) is 6.89. The standard InChI is InChI=1S/C8H17NO/c1-8(2,9)7-4-3-5-10-6-7/h7H,3-6,9H2,1-2H3. The van der Waals surface area contributed by atoms with E-state index in [2.05, 4.69) is 13.8 Å². The van der Waals surface area contributed by atoms with Crippen molar-refractivity contribution >= 4 is 0 Å². The molecule has 0 saturated carbocycles. The molecule has 1 saturated heterocycles. The van der Waals surface area contributed by atoms with E-state index in [0.29, 0.717) is 5.92 Å². The Balaban J connectivity index is 2.39. The van der Waals surface area contributed by atoms with E-state index in [-0.39, 0.29) is 5.54 Å². The van der Waals surface area contributed by atoms with E-state index >= 15 is 0 Å². The van der Waals surface area contributed by atoms with Crippen molar-refractivity contribution in [1.29, 1.82) is 0 Å². The van der Waals surface area contributed by atoms with Crippen LogP contribution in [0.4, 0.5) is 0 Å². The smallest absolute Gasteiger partial charge is 0.0511 e. The minimum atomic E-state index is -0.0551. The SMILES string of the molecule is CC(C)(N)C1CCCOC1. The molecule has 0 aromatic rings. The molecular weight excluding hydrogens is 126 g/mol. The summed E-state index contributed by atoms with van der Waals surface area (Å²) >= 11 is 0. The number of rotatable bonds is 1. The summed E-state index contributed by atoms with van der Waals surface area (Å²) in [5, 5.41) is 0. The van der Waals surface area contributed by atoms with Gasteiger partial charge in [0.15, 0.2) is 0 Å². The summed E-state index contributed by atoms with van der Waals surface area (Å²) in [6.07, 6.45) is 2.40. The van der Waals surface area contributed by atoms with E-state index in [1.165, 1.54) is 12.8 Å². The molecule has 1 heterocycles. The monoisotopic (exact) mass is 143 g/mol. The van der Waals surface area contributed by atoms with Gasteiger partial charge >= 0.3 is 0 Å². The zero-order valence-electron chi connectivity index (χ0n) is 6.89. The predicted octanol–water partition coefficient (Wildman–Crippen LogP) is 1.15. The number of ether oxygens (including phenoxy) is 1. The molecule has 0 aliphatic carbocycles. The highest BCUT2D eigenvalue weighted by Gasteiger charge is 2.26. The molecule has 1 aliphatic heterocycles. The van der Waals surface area contributed by atoms with E-state index < -0.39 is 0 Å². The van der Waals surface area contributed by atoms with E-state index in [0.717, 1.165) is 13.2 Å². The Morgan fingerprint density at radius 1 is 1.50 bits per heavy atom. The summed E-state index contributed by atoms with van der Waals surface area (Å²) in [6.45, 7) is 5.93. The Morgan fingerprint density at radius 2 is 2.20 bits per heavy atom. The quantitative estimate of drug-likeness (QED) is 0.597. The van der Waals surface area contributed by atoms with Gasteiger partial charge in [-0.2, -0.15) is 0 Å². The van der Waals surface area contributed by atoms with Crippen LogP contribution in [0, 0.1) is 5.92 Å². The minimum absolute atomic E-state index is 0.0551. The molecule has 1 aliphatic rings. The lowest BCUT2D eigenvalue weighted by Gasteiger charge is -2.33. The topological polar surface area (TPSA) is 35.2 Å². The van der Waals surface area contributed by atoms with E-state index in [1.807, 2.05) is 0 Å². The number of hydrogen-bond donors (Lipinski definition) is 1. The average molecular weight is 143 g/mol. The molecule has 2 N–H and O–H groups in total. The molecule has 0 amide bonds. The van der Waals surface area contributed by atoms with E-state index in [4.69, 9.17) is 10.5 Å². The van der Waals surface area contributed by atoms with Crippen LogP contribution in [0.15, 0.2) is 0 Å². The fourth-order valence-electron chi connectivity index (χ4n) is 1.33. The van der Waals surface area contributed by atoms with Gasteiger partial charge in [0.05, 0.1) is 6.61 Å². The second-order valence-electron chi connectivity index (χ2n) is 3.74. The molecule has 60 valence electrons. The summed E-state index contributed by atoms with van der Waals surface area (Å²) in [7, 11) is 0. The van der Waals surface area contributed by atoms with Gasteiger partial charge in [-0.15, -0.1) is 0 Å². The molecule has 1 fully saturated rings. The largest absolute Gasteiger partial charge is 0.381 e. The van der Waals surface area contributed by atoms with Crippen LogP contribution in [0.2, 0.25) is 0 Å². The van der Waals surface area contributed by atoms with Gasteiger partial charge in [0.1, 0.15) is 0 Å². The van der Waals surface area contributed by atoms with Gasteiger partial charge in [-0.25, -0.2) is 0 Å². The molecule has 0 radical (unpaired) electrons.